The van der Waals surface area contributed by atoms with Crippen molar-refractivity contribution in [1.82, 2.24) is 0 Å². The van der Waals surface area contributed by atoms with Crippen LogP contribution in [0.5, 0.6) is 11.5 Å². The van der Waals surface area contributed by atoms with E-state index in [1.807, 2.05) is 24.3 Å². The van der Waals surface area contributed by atoms with Gasteiger partial charge in [-0.2, -0.15) is 0 Å². The van der Waals surface area contributed by atoms with Crippen LogP contribution >= 0.6 is 0 Å². The minimum absolute atomic E-state index is 0.107. The normalized spacial score (nSPS) is 10.3. The summed E-state index contributed by atoms with van der Waals surface area (Å²) >= 11 is 0. The molecular formula is C17H17FO4. The first-order valence-corrected chi connectivity index (χ1v) is 6.84. The summed E-state index contributed by atoms with van der Waals surface area (Å²) in [7, 11) is 1.50. The number of carbonyl (C=O) groups is 1. The fourth-order valence-electron chi connectivity index (χ4n) is 1.98. The van der Waals surface area contributed by atoms with Gasteiger partial charge in [0.25, 0.3) is 0 Å². The lowest BCUT2D eigenvalue weighted by molar-refractivity contribution is -0.136. The Bertz CT molecular complexity index is 638. The van der Waals surface area contributed by atoms with E-state index in [2.05, 4.69) is 0 Å². The van der Waals surface area contributed by atoms with Gasteiger partial charge < -0.3 is 14.6 Å². The molecule has 0 amide bonds. The number of aliphatic carboxylic acids is 1. The molecule has 116 valence electrons. The predicted octanol–water partition coefficient (Wildman–Crippen LogP) is 3.43. The summed E-state index contributed by atoms with van der Waals surface area (Å²) in [6.45, 7) is 0.277. The van der Waals surface area contributed by atoms with Crippen molar-refractivity contribution in [2.75, 3.05) is 7.11 Å². The largest absolute Gasteiger partial charge is 0.493 e. The number of methoxy groups -OCH3 is 1. The summed E-state index contributed by atoms with van der Waals surface area (Å²) in [6.07, 6.45) is 0.602. The van der Waals surface area contributed by atoms with E-state index in [4.69, 9.17) is 14.6 Å². The highest BCUT2D eigenvalue weighted by Gasteiger charge is 2.06. The minimum atomic E-state index is -0.814. The van der Waals surface area contributed by atoms with Crippen LogP contribution in [0.1, 0.15) is 17.5 Å². The standard InChI is InChI=1S/C17H17FO4/c1-21-15-8-7-14(18)10-16(15)22-11-13-4-2-12(3-5-13)6-9-17(19)20/h2-5,7-8,10H,6,9,11H2,1H3,(H,19,20). The highest BCUT2D eigenvalue weighted by atomic mass is 19.1. The summed E-state index contributed by atoms with van der Waals surface area (Å²) in [6, 6.07) is 11.6. The summed E-state index contributed by atoms with van der Waals surface area (Å²) in [5, 5.41) is 8.65. The van der Waals surface area contributed by atoms with Gasteiger partial charge in [0.05, 0.1) is 7.11 Å². The number of carboxylic acids is 1. The Morgan fingerprint density at radius 3 is 2.41 bits per heavy atom. The van der Waals surface area contributed by atoms with Gasteiger partial charge in [0, 0.05) is 12.5 Å². The van der Waals surface area contributed by atoms with Crippen LogP contribution in [0.4, 0.5) is 4.39 Å². The first kappa shape index (κ1) is 15.8. The van der Waals surface area contributed by atoms with E-state index in [1.54, 1.807) is 0 Å². The molecule has 5 heteroatoms. The van der Waals surface area contributed by atoms with E-state index in [1.165, 1.54) is 25.3 Å². The van der Waals surface area contributed by atoms with Crippen LogP contribution < -0.4 is 9.47 Å². The number of aryl methyl sites for hydroxylation is 1. The number of ether oxygens (including phenoxy) is 2. The van der Waals surface area contributed by atoms with Crippen LogP contribution in [-0.2, 0) is 17.8 Å². The monoisotopic (exact) mass is 304 g/mol. The Kier molecular flexibility index (Phi) is 5.36. The second kappa shape index (κ2) is 7.45. The molecule has 0 aliphatic rings. The number of rotatable bonds is 7. The van der Waals surface area contributed by atoms with Crippen molar-refractivity contribution in [1.29, 1.82) is 0 Å². The van der Waals surface area contributed by atoms with E-state index in [0.717, 1.165) is 11.1 Å². The lowest BCUT2D eigenvalue weighted by Crippen LogP contribution is -2.00. The molecule has 22 heavy (non-hydrogen) atoms. The van der Waals surface area contributed by atoms with E-state index < -0.39 is 5.97 Å². The molecule has 0 fully saturated rings. The van der Waals surface area contributed by atoms with Crippen LogP contribution in [0.25, 0.3) is 0 Å². The Morgan fingerprint density at radius 2 is 1.77 bits per heavy atom. The summed E-state index contributed by atoms with van der Waals surface area (Å²) in [4.78, 5) is 10.5. The topological polar surface area (TPSA) is 55.8 Å². The van der Waals surface area contributed by atoms with Crippen molar-refractivity contribution < 1.29 is 23.8 Å². The average molecular weight is 304 g/mol. The van der Waals surface area contributed by atoms with E-state index >= 15 is 0 Å². The average Bonchev–Trinajstić information content (AvgIpc) is 2.52. The molecule has 0 aromatic heterocycles. The number of halogens is 1. The van der Waals surface area contributed by atoms with Crippen LogP contribution in [0.2, 0.25) is 0 Å². The highest BCUT2D eigenvalue weighted by molar-refractivity contribution is 5.67. The molecule has 0 radical (unpaired) electrons. The number of benzene rings is 2. The lowest BCUT2D eigenvalue weighted by atomic mass is 10.1. The Labute approximate surface area is 128 Å². The molecule has 0 bridgehead atoms. The Morgan fingerprint density at radius 1 is 1.09 bits per heavy atom. The maximum Gasteiger partial charge on any atom is 0.303 e. The Hall–Kier alpha value is -2.56. The molecule has 2 aromatic carbocycles. The third-order valence-electron chi connectivity index (χ3n) is 3.17. The van der Waals surface area contributed by atoms with Crippen molar-refractivity contribution in [3.8, 4) is 11.5 Å². The van der Waals surface area contributed by atoms with Gasteiger partial charge in [0.2, 0.25) is 0 Å². The van der Waals surface area contributed by atoms with Crippen LogP contribution in [0, 0.1) is 5.82 Å². The maximum atomic E-state index is 13.2. The fourth-order valence-corrected chi connectivity index (χ4v) is 1.98. The minimum Gasteiger partial charge on any atom is -0.493 e. The predicted molar refractivity (Wildman–Crippen MR) is 79.7 cm³/mol. The molecule has 0 saturated heterocycles. The van der Waals surface area contributed by atoms with Crippen LogP contribution in [0.3, 0.4) is 0 Å². The molecule has 0 saturated carbocycles. The van der Waals surface area contributed by atoms with Gasteiger partial charge in [-0.3, -0.25) is 4.79 Å². The summed E-state index contributed by atoms with van der Waals surface area (Å²) in [5.41, 5.74) is 1.86. The lowest BCUT2D eigenvalue weighted by Gasteiger charge is -2.11. The third kappa shape index (κ3) is 4.48. The zero-order valence-electron chi connectivity index (χ0n) is 12.2. The molecule has 0 atom stereocenters. The van der Waals surface area contributed by atoms with Crippen molar-refractivity contribution in [2.24, 2.45) is 0 Å². The number of carboxylic acid groups (broad SMARTS) is 1. The van der Waals surface area contributed by atoms with E-state index in [9.17, 15) is 9.18 Å². The first-order valence-electron chi connectivity index (χ1n) is 6.84. The van der Waals surface area contributed by atoms with E-state index in [0.29, 0.717) is 17.9 Å². The van der Waals surface area contributed by atoms with Crippen molar-refractivity contribution >= 4 is 5.97 Å². The fraction of sp³-hybridized carbons (Fsp3) is 0.235. The van der Waals surface area contributed by atoms with Gasteiger partial charge in [-0.05, 0) is 29.7 Å². The molecule has 0 aliphatic heterocycles. The Balaban J connectivity index is 1.97. The zero-order valence-corrected chi connectivity index (χ0v) is 12.2. The summed E-state index contributed by atoms with van der Waals surface area (Å²) in [5.74, 6) is -0.387. The van der Waals surface area contributed by atoms with Crippen molar-refractivity contribution in [3.63, 3.8) is 0 Å². The molecule has 1 N–H and O–H groups in total. The van der Waals surface area contributed by atoms with Gasteiger partial charge in [0.15, 0.2) is 11.5 Å². The molecular weight excluding hydrogens is 287 g/mol. The number of hydrogen-bond donors (Lipinski definition) is 1. The molecule has 4 nitrogen and oxygen atoms in total. The quantitative estimate of drug-likeness (QED) is 0.851. The van der Waals surface area contributed by atoms with Gasteiger partial charge in [-0.25, -0.2) is 4.39 Å². The second-order valence-electron chi connectivity index (χ2n) is 4.79. The smallest absolute Gasteiger partial charge is 0.303 e. The van der Waals surface area contributed by atoms with Gasteiger partial charge in [-0.1, -0.05) is 24.3 Å². The van der Waals surface area contributed by atoms with Gasteiger partial charge >= 0.3 is 5.97 Å². The van der Waals surface area contributed by atoms with Crippen LogP contribution in [-0.4, -0.2) is 18.2 Å². The zero-order chi connectivity index (χ0) is 15.9. The van der Waals surface area contributed by atoms with Gasteiger partial charge in [0.1, 0.15) is 12.4 Å². The first-order chi connectivity index (χ1) is 10.6. The molecule has 2 rings (SSSR count). The van der Waals surface area contributed by atoms with Crippen molar-refractivity contribution in [2.45, 2.75) is 19.4 Å². The molecule has 2 aromatic rings. The third-order valence-corrected chi connectivity index (χ3v) is 3.17. The molecule has 0 spiro atoms. The summed E-state index contributed by atoms with van der Waals surface area (Å²) < 4.78 is 23.9. The SMILES string of the molecule is COc1ccc(F)cc1OCc1ccc(CCC(=O)O)cc1. The van der Waals surface area contributed by atoms with Crippen molar-refractivity contribution in [3.05, 3.63) is 59.4 Å². The number of hydrogen-bond acceptors (Lipinski definition) is 3. The van der Waals surface area contributed by atoms with Crippen LogP contribution in [0.15, 0.2) is 42.5 Å². The van der Waals surface area contributed by atoms with E-state index in [-0.39, 0.29) is 18.8 Å². The molecule has 0 heterocycles. The van der Waals surface area contributed by atoms with Gasteiger partial charge in [-0.15, -0.1) is 0 Å². The maximum absolute atomic E-state index is 13.2. The molecule has 0 aliphatic carbocycles. The molecule has 0 unspecified atom stereocenters. The second-order valence-corrected chi connectivity index (χ2v) is 4.79. The highest BCUT2D eigenvalue weighted by Crippen LogP contribution is 2.28.